The van der Waals surface area contributed by atoms with Crippen LogP contribution in [0.4, 0.5) is 10.1 Å². The van der Waals surface area contributed by atoms with Crippen LogP contribution in [-0.4, -0.2) is 44.2 Å². The lowest BCUT2D eigenvalue weighted by Gasteiger charge is -2.44. The van der Waals surface area contributed by atoms with Gasteiger partial charge in [0.15, 0.2) is 0 Å². The van der Waals surface area contributed by atoms with Gasteiger partial charge in [-0.05, 0) is 47.0 Å². The first-order valence-corrected chi connectivity index (χ1v) is 7.38. The molecule has 20 heavy (non-hydrogen) atoms. The molecule has 4 heteroatoms. The van der Waals surface area contributed by atoms with Gasteiger partial charge in [0.05, 0.1) is 0 Å². The minimum Gasteiger partial charge on any atom is -0.368 e. The standard InChI is InChI=1S/C16H26FN3/c1-11-9-20(10-12(2)19(11)5)15-8-6-7-14(17)16(15)13(3)18-4/h6-8,11-13,18H,9-10H2,1-5H3. The average Bonchev–Trinajstić information content (AvgIpc) is 2.43. The summed E-state index contributed by atoms with van der Waals surface area (Å²) in [4.78, 5) is 4.71. The fourth-order valence-electron chi connectivity index (χ4n) is 2.98. The van der Waals surface area contributed by atoms with E-state index in [9.17, 15) is 4.39 Å². The zero-order valence-corrected chi connectivity index (χ0v) is 13.2. The Kier molecular flexibility index (Phi) is 4.66. The number of likely N-dealkylation sites (N-methyl/N-ethyl adjacent to an activating group) is 1. The second-order valence-electron chi connectivity index (χ2n) is 5.95. The van der Waals surface area contributed by atoms with Gasteiger partial charge in [-0.15, -0.1) is 0 Å². The van der Waals surface area contributed by atoms with Crippen LogP contribution in [0.25, 0.3) is 0 Å². The molecule has 0 radical (unpaired) electrons. The SMILES string of the molecule is CNC(C)c1c(F)cccc1N1CC(C)N(C)C(C)C1. The number of hydrogen-bond acceptors (Lipinski definition) is 3. The molecule has 1 heterocycles. The molecular formula is C16H26FN3. The largest absolute Gasteiger partial charge is 0.368 e. The second-order valence-corrected chi connectivity index (χ2v) is 5.95. The van der Waals surface area contributed by atoms with E-state index in [0.717, 1.165) is 24.3 Å². The van der Waals surface area contributed by atoms with E-state index >= 15 is 0 Å². The number of nitrogens with one attached hydrogen (secondary N) is 1. The number of rotatable bonds is 3. The number of piperazine rings is 1. The van der Waals surface area contributed by atoms with Crippen LogP contribution in [-0.2, 0) is 0 Å². The predicted octanol–water partition coefficient (Wildman–Crippen LogP) is 2.63. The second kappa shape index (κ2) is 6.10. The van der Waals surface area contributed by atoms with Gasteiger partial charge in [-0.2, -0.15) is 0 Å². The van der Waals surface area contributed by atoms with E-state index in [2.05, 4.69) is 36.0 Å². The van der Waals surface area contributed by atoms with Gasteiger partial charge in [0, 0.05) is 42.5 Å². The Morgan fingerprint density at radius 2 is 1.85 bits per heavy atom. The van der Waals surface area contributed by atoms with E-state index in [-0.39, 0.29) is 11.9 Å². The Balaban J connectivity index is 2.35. The highest BCUT2D eigenvalue weighted by Crippen LogP contribution is 2.31. The van der Waals surface area contributed by atoms with Crippen molar-refractivity contribution in [3.8, 4) is 0 Å². The Morgan fingerprint density at radius 3 is 2.40 bits per heavy atom. The fraction of sp³-hybridized carbons (Fsp3) is 0.625. The molecule has 0 bridgehead atoms. The van der Waals surface area contributed by atoms with Crippen molar-refractivity contribution >= 4 is 5.69 Å². The third-order valence-electron chi connectivity index (χ3n) is 4.60. The monoisotopic (exact) mass is 279 g/mol. The summed E-state index contributed by atoms with van der Waals surface area (Å²) in [5, 5.41) is 3.16. The van der Waals surface area contributed by atoms with E-state index < -0.39 is 0 Å². The third-order valence-corrected chi connectivity index (χ3v) is 4.60. The predicted molar refractivity (Wildman–Crippen MR) is 82.8 cm³/mol. The normalized spacial score (nSPS) is 25.8. The van der Waals surface area contributed by atoms with Crippen molar-refractivity contribution in [3.63, 3.8) is 0 Å². The number of nitrogens with zero attached hydrogens (tertiary/aromatic N) is 2. The van der Waals surface area contributed by atoms with Crippen molar-refractivity contribution in [2.24, 2.45) is 0 Å². The van der Waals surface area contributed by atoms with Crippen LogP contribution in [0.3, 0.4) is 0 Å². The molecule has 1 aliphatic rings. The smallest absolute Gasteiger partial charge is 0.130 e. The Labute approximate surface area is 121 Å². The molecule has 1 fully saturated rings. The highest BCUT2D eigenvalue weighted by atomic mass is 19.1. The number of benzene rings is 1. The third kappa shape index (κ3) is 2.81. The number of hydrogen-bond donors (Lipinski definition) is 1. The molecule has 1 aromatic rings. The fourth-order valence-corrected chi connectivity index (χ4v) is 2.98. The van der Waals surface area contributed by atoms with Gasteiger partial charge in [-0.1, -0.05) is 6.07 Å². The molecule has 112 valence electrons. The van der Waals surface area contributed by atoms with E-state index in [4.69, 9.17) is 0 Å². The van der Waals surface area contributed by atoms with Gasteiger partial charge < -0.3 is 10.2 Å². The molecular weight excluding hydrogens is 253 g/mol. The molecule has 1 N–H and O–H groups in total. The van der Waals surface area contributed by atoms with Gasteiger partial charge in [0.25, 0.3) is 0 Å². The molecule has 3 atom stereocenters. The zero-order valence-electron chi connectivity index (χ0n) is 13.2. The van der Waals surface area contributed by atoms with Crippen molar-refractivity contribution in [2.45, 2.75) is 38.9 Å². The summed E-state index contributed by atoms with van der Waals surface area (Å²) in [5.74, 6) is -0.122. The van der Waals surface area contributed by atoms with Gasteiger partial charge in [-0.3, -0.25) is 4.90 Å². The molecule has 2 rings (SSSR count). The highest BCUT2D eigenvalue weighted by molar-refractivity contribution is 5.56. The van der Waals surface area contributed by atoms with Crippen LogP contribution < -0.4 is 10.2 Å². The van der Waals surface area contributed by atoms with Crippen molar-refractivity contribution in [1.29, 1.82) is 0 Å². The number of anilines is 1. The summed E-state index contributed by atoms with van der Waals surface area (Å²) >= 11 is 0. The lowest BCUT2D eigenvalue weighted by Crippen LogP contribution is -2.55. The minimum absolute atomic E-state index is 0.0106. The highest BCUT2D eigenvalue weighted by Gasteiger charge is 2.29. The summed E-state index contributed by atoms with van der Waals surface area (Å²) in [6.07, 6.45) is 0. The molecule has 0 aromatic heterocycles. The van der Waals surface area contributed by atoms with Crippen LogP contribution >= 0.6 is 0 Å². The van der Waals surface area contributed by atoms with Crippen molar-refractivity contribution in [3.05, 3.63) is 29.6 Å². The lowest BCUT2D eigenvalue weighted by atomic mass is 10.0. The van der Waals surface area contributed by atoms with Gasteiger partial charge in [0.2, 0.25) is 0 Å². The molecule has 0 spiro atoms. The van der Waals surface area contributed by atoms with E-state index in [1.807, 2.05) is 26.1 Å². The molecule has 1 aromatic carbocycles. The van der Waals surface area contributed by atoms with Crippen LogP contribution in [0.2, 0.25) is 0 Å². The van der Waals surface area contributed by atoms with Crippen molar-refractivity contribution < 1.29 is 4.39 Å². The summed E-state index contributed by atoms with van der Waals surface area (Å²) in [6, 6.07) is 6.35. The molecule has 1 saturated heterocycles. The van der Waals surface area contributed by atoms with E-state index in [1.165, 1.54) is 0 Å². The Bertz CT molecular complexity index is 451. The lowest BCUT2D eigenvalue weighted by molar-refractivity contribution is 0.170. The first-order chi connectivity index (χ1) is 9.45. The molecule has 0 amide bonds. The van der Waals surface area contributed by atoms with Crippen LogP contribution in [0.5, 0.6) is 0 Å². The Morgan fingerprint density at radius 1 is 1.25 bits per heavy atom. The number of halogens is 1. The maximum Gasteiger partial charge on any atom is 0.130 e. The molecule has 3 nitrogen and oxygen atoms in total. The quantitative estimate of drug-likeness (QED) is 0.917. The van der Waals surface area contributed by atoms with E-state index in [0.29, 0.717) is 12.1 Å². The van der Waals surface area contributed by atoms with Gasteiger partial charge in [0.1, 0.15) is 5.82 Å². The molecule has 3 unspecified atom stereocenters. The first-order valence-electron chi connectivity index (χ1n) is 7.38. The zero-order chi connectivity index (χ0) is 14.9. The maximum absolute atomic E-state index is 14.2. The molecule has 0 aliphatic carbocycles. The van der Waals surface area contributed by atoms with E-state index in [1.54, 1.807) is 6.07 Å². The summed E-state index contributed by atoms with van der Waals surface area (Å²) < 4.78 is 14.2. The topological polar surface area (TPSA) is 18.5 Å². The molecule has 0 saturated carbocycles. The van der Waals surface area contributed by atoms with Crippen molar-refractivity contribution in [2.75, 3.05) is 32.1 Å². The Hall–Kier alpha value is -1.13. The average molecular weight is 279 g/mol. The van der Waals surface area contributed by atoms with Crippen LogP contribution in [0.1, 0.15) is 32.4 Å². The first kappa shape index (κ1) is 15.3. The van der Waals surface area contributed by atoms with Gasteiger partial charge in [-0.25, -0.2) is 4.39 Å². The minimum atomic E-state index is -0.122. The summed E-state index contributed by atoms with van der Waals surface area (Å²) in [5.41, 5.74) is 1.80. The van der Waals surface area contributed by atoms with Gasteiger partial charge >= 0.3 is 0 Å². The summed E-state index contributed by atoms with van der Waals surface area (Å²) in [7, 11) is 4.03. The maximum atomic E-state index is 14.2. The van der Waals surface area contributed by atoms with Crippen molar-refractivity contribution in [1.82, 2.24) is 10.2 Å². The summed E-state index contributed by atoms with van der Waals surface area (Å²) in [6.45, 7) is 8.33. The molecule has 1 aliphatic heterocycles. The van der Waals surface area contributed by atoms with Crippen LogP contribution in [0.15, 0.2) is 18.2 Å². The van der Waals surface area contributed by atoms with Crippen LogP contribution in [0, 0.1) is 5.82 Å².